The fourth-order valence-corrected chi connectivity index (χ4v) is 1.79. The molecule has 0 spiro atoms. The molecule has 0 fully saturated rings. The van der Waals surface area contributed by atoms with Gasteiger partial charge in [-0.1, -0.05) is 12.1 Å². The standard InChI is InChI=1S/C15H14O5/c1-9(16)8-20-15(19)13-5-3-10-6-12(14(17)18)4-2-11(10)7-13/h2-7,9,16H,8H2,1H3,(H,17,18). The number of carboxylic acid groups (broad SMARTS) is 1. The number of benzene rings is 2. The Morgan fingerprint density at radius 1 is 1.10 bits per heavy atom. The summed E-state index contributed by atoms with van der Waals surface area (Å²) in [7, 11) is 0. The zero-order valence-corrected chi connectivity index (χ0v) is 10.9. The van der Waals surface area contributed by atoms with Crippen LogP contribution in [0.15, 0.2) is 36.4 Å². The fourth-order valence-electron chi connectivity index (χ4n) is 1.79. The highest BCUT2D eigenvalue weighted by Gasteiger charge is 2.10. The van der Waals surface area contributed by atoms with E-state index in [1.165, 1.54) is 13.0 Å². The molecule has 2 aromatic carbocycles. The summed E-state index contributed by atoms with van der Waals surface area (Å²) < 4.78 is 4.92. The number of aliphatic hydroxyl groups excluding tert-OH is 1. The number of carbonyl (C=O) groups is 2. The topological polar surface area (TPSA) is 83.8 Å². The van der Waals surface area contributed by atoms with Crippen LogP contribution in [0, 0.1) is 0 Å². The van der Waals surface area contributed by atoms with Crippen molar-refractivity contribution in [2.24, 2.45) is 0 Å². The third-order valence-corrected chi connectivity index (χ3v) is 2.78. The van der Waals surface area contributed by atoms with Gasteiger partial charge in [-0.3, -0.25) is 0 Å². The van der Waals surface area contributed by atoms with Crippen LogP contribution in [0.3, 0.4) is 0 Å². The molecule has 5 nitrogen and oxygen atoms in total. The van der Waals surface area contributed by atoms with Crippen molar-refractivity contribution in [3.63, 3.8) is 0 Å². The fraction of sp³-hybridized carbons (Fsp3) is 0.200. The molecule has 0 amide bonds. The van der Waals surface area contributed by atoms with Gasteiger partial charge in [0, 0.05) is 0 Å². The first-order valence-electron chi connectivity index (χ1n) is 6.09. The number of hydrogen-bond acceptors (Lipinski definition) is 4. The first kappa shape index (κ1) is 14.0. The Morgan fingerprint density at radius 2 is 1.65 bits per heavy atom. The molecule has 2 rings (SSSR count). The molecule has 1 atom stereocenters. The van der Waals surface area contributed by atoms with Gasteiger partial charge >= 0.3 is 11.9 Å². The monoisotopic (exact) mass is 274 g/mol. The zero-order valence-electron chi connectivity index (χ0n) is 10.9. The van der Waals surface area contributed by atoms with Crippen molar-refractivity contribution in [2.45, 2.75) is 13.0 Å². The Balaban J connectivity index is 2.28. The van der Waals surface area contributed by atoms with Crippen LogP contribution < -0.4 is 0 Å². The molecule has 0 bridgehead atoms. The predicted octanol–water partition coefficient (Wildman–Crippen LogP) is 2.08. The van der Waals surface area contributed by atoms with Gasteiger partial charge in [0.15, 0.2) is 0 Å². The van der Waals surface area contributed by atoms with Crippen LogP contribution in [0.2, 0.25) is 0 Å². The maximum atomic E-state index is 11.7. The first-order valence-corrected chi connectivity index (χ1v) is 6.09. The highest BCUT2D eigenvalue weighted by atomic mass is 16.5. The number of carbonyl (C=O) groups excluding carboxylic acids is 1. The number of fused-ring (bicyclic) bond motifs is 1. The summed E-state index contributed by atoms with van der Waals surface area (Å²) >= 11 is 0. The van der Waals surface area contributed by atoms with Crippen LogP contribution >= 0.6 is 0 Å². The van der Waals surface area contributed by atoms with Crippen LogP contribution in [0.25, 0.3) is 10.8 Å². The van der Waals surface area contributed by atoms with Gasteiger partial charge in [0.1, 0.15) is 6.61 Å². The third kappa shape index (κ3) is 3.13. The SMILES string of the molecule is CC(O)COC(=O)c1ccc2cc(C(=O)O)ccc2c1. The molecule has 20 heavy (non-hydrogen) atoms. The van der Waals surface area contributed by atoms with E-state index < -0.39 is 18.0 Å². The Labute approximate surface area is 115 Å². The van der Waals surface area contributed by atoms with E-state index in [-0.39, 0.29) is 12.2 Å². The number of esters is 1. The Hall–Kier alpha value is -2.40. The molecule has 0 radical (unpaired) electrons. The lowest BCUT2D eigenvalue weighted by Crippen LogP contribution is -2.15. The van der Waals surface area contributed by atoms with Crippen molar-refractivity contribution in [3.8, 4) is 0 Å². The lowest BCUT2D eigenvalue weighted by molar-refractivity contribution is 0.0296. The summed E-state index contributed by atoms with van der Waals surface area (Å²) in [6.07, 6.45) is -0.711. The molecular formula is C15H14O5. The van der Waals surface area contributed by atoms with Gasteiger partial charge in [0.05, 0.1) is 17.2 Å². The summed E-state index contributed by atoms with van der Waals surface area (Å²) in [5.74, 6) is -1.51. The summed E-state index contributed by atoms with van der Waals surface area (Å²) in [6, 6.07) is 9.53. The van der Waals surface area contributed by atoms with Crippen molar-refractivity contribution in [3.05, 3.63) is 47.5 Å². The number of aliphatic hydroxyl groups is 1. The predicted molar refractivity (Wildman–Crippen MR) is 72.9 cm³/mol. The normalized spacial score (nSPS) is 12.1. The van der Waals surface area contributed by atoms with E-state index in [9.17, 15) is 9.59 Å². The smallest absolute Gasteiger partial charge is 0.338 e. The molecule has 1 unspecified atom stereocenters. The molecule has 0 aliphatic rings. The van der Waals surface area contributed by atoms with Crippen LogP contribution in [0.4, 0.5) is 0 Å². The molecule has 2 N–H and O–H groups in total. The lowest BCUT2D eigenvalue weighted by Gasteiger charge is -2.07. The van der Waals surface area contributed by atoms with Gasteiger partial charge in [-0.15, -0.1) is 0 Å². The molecule has 0 heterocycles. The minimum absolute atomic E-state index is 0.0607. The number of hydrogen-bond donors (Lipinski definition) is 2. The maximum absolute atomic E-state index is 11.7. The first-order chi connectivity index (χ1) is 9.47. The van der Waals surface area contributed by atoms with Crippen LogP contribution in [-0.2, 0) is 4.74 Å². The Morgan fingerprint density at radius 3 is 2.20 bits per heavy atom. The summed E-state index contributed by atoms with van der Waals surface area (Å²) in [5.41, 5.74) is 0.558. The molecule has 0 aromatic heterocycles. The highest BCUT2D eigenvalue weighted by molar-refractivity contribution is 5.98. The maximum Gasteiger partial charge on any atom is 0.338 e. The second-order valence-corrected chi connectivity index (χ2v) is 4.53. The molecule has 0 saturated carbocycles. The molecular weight excluding hydrogens is 260 g/mol. The van der Waals surface area contributed by atoms with Crippen molar-refractivity contribution >= 4 is 22.7 Å². The summed E-state index contributed by atoms with van der Waals surface area (Å²) in [6.45, 7) is 1.47. The molecule has 0 saturated heterocycles. The average Bonchev–Trinajstić information content (AvgIpc) is 2.43. The van der Waals surface area contributed by atoms with Crippen LogP contribution in [-0.4, -0.2) is 34.9 Å². The molecule has 5 heteroatoms. The van der Waals surface area contributed by atoms with Crippen molar-refractivity contribution < 1.29 is 24.5 Å². The third-order valence-electron chi connectivity index (χ3n) is 2.78. The number of carboxylic acids is 1. The van der Waals surface area contributed by atoms with Gasteiger partial charge in [0.2, 0.25) is 0 Å². The number of aromatic carboxylic acids is 1. The lowest BCUT2D eigenvalue weighted by atomic mass is 10.0. The highest BCUT2D eigenvalue weighted by Crippen LogP contribution is 2.18. The van der Waals surface area contributed by atoms with E-state index >= 15 is 0 Å². The van der Waals surface area contributed by atoms with Gasteiger partial charge in [-0.05, 0) is 42.0 Å². The molecule has 0 aliphatic heterocycles. The van der Waals surface area contributed by atoms with Gasteiger partial charge < -0.3 is 14.9 Å². The van der Waals surface area contributed by atoms with Gasteiger partial charge in [-0.2, -0.15) is 0 Å². The van der Waals surface area contributed by atoms with E-state index in [0.717, 1.165) is 10.8 Å². The zero-order chi connectivity index (χ0) is 14.7. The van der Waals surface area contributed by atoms with E-state index in [4.69, 9.17) is 14.9 Å². The van der Waals surface area contributed by atoms with E-state index in [0.29, 0.717) is 5.56 Å². The van der Waals surface area contributed by atoms with Crippen LogP contribution in [0.5, 0.6) is 0 Å². The van der Waals surface area contributed by atoms with Gasteiger partial charge in [-0.25, -0.2) is 9.59 Å². The molecule has 0 aliphatic carbocycles. The van der Waals surface area contributed by atoms with Crippen LogP contribution in [0.1, 0.15) is 27.6 Å². The second-order valence-electron chi connectivity index (χ2n) is 4.53. The largest absolute Gasteiger partial charge is 0.478 e. The molecule has 104 valence electrons. The van der Waals surface area contributed by atoms with E-state index in [2.05, 4.69) is 0 Å². The molecule has 2 aromatic rings. The summed E-state index contributed by atoms with van der Waals surface area (Å²) in [4.78, 5) is 22.6. The second kappa shape index (κ2) is 5.71. The Bertz CT molecular complexity index is 660. The van der Waals surface area contributed by atoms with Crippen molar-refractivity contribution in [1.82, 2.24) is 0 Å². The summed E-state index contributed by atoms with van der Waals surface area (Å²) in [5, 5.41) is 19.5. The average molecular weight is 274 g/mol. The van der Waals surface area contributed by atoms with Gasteiger partial charge in [0.25, 0.3) is 0 Å². The quantitative estimate of drug-likeness (QED) is 0.834. The van der Waals surface area contributed by atoms with Crippen molar-refractivity contribution in [2.75, 3.05) is 6.61 Å². The Kier molecular flexibility index (Phi) is 4.00. The minimum Gasteiger partial charge on any atom is -0.478 e. The van der Waals surface area contributed by atoms with E-state index in [1.54, 1.807) is 30.3 Å². The van der Waals surface area contributed by atoms with E-state index in [1.807, 2.05) is 0 Å². The minimum atomic E-state index is -0.993. The van der Waals surface area contributed by atoms with Crippen molar-refractivity contribution in [1.29, 1.82) is 0 Å². The number of ether oxygens (including phenoxy) is 1. The number of rotatable bonds is 4.